The largest absolute Gasteiger partial charge is 0.378 e. The van der Waals surface area contributed by atoms with Crippen LogP contribution in [0.25, 0.3) is 0 Å². The number of hydrogen-bond acceptors (Lipinski definition) is 2. The van der Waals surface area contributed by atoms with Gasteiger partial charge in [0.1, 0.15) is 0 Å². The van der Waals surface area contributed by atoms with Gasteiger partial charge >= 0.3 is 0 Å². The van der Waals surface area contributed by atoms with Crippen LogP contribution in [0.4, 0.5) is 0 Å². The van der Waals surface area contributed by atoms with Crippen LogP contribution in [0, 0.1) is 11.3 Å². The maximum atomic E-state index is 5.76. The van der Waals surface area contributed by atoms with E-state index in [4.69, 9.17) is 4.74 Å². The molecule has 0 bridgehead atoms. The first-order valence-corrected chi connectivity index (χ1v) is 8.95. The van der Waals surface area contributed by atoms with Crippen molar-refractivity contribution >= 4 is 0 Å². The van der Waals surface area contributed by atoms with Gasteiger partial charge in [0.25, 0.3) is 0 Å². The highest BCUT2D eigenvalue weighted by molar-refractivity contribution is 4.94. The Labute approximate surface area is 126 Å². The van der Waals surface area contributed by atoms with Crippen molar-refractivity contribution in [1.29, 1.82) is 0 Å². The first-order valence-electron chi connectivity index (χ1n) is 8.95. The molecule has 2 fully saturated rings. The SMILES string of the molecule is CNC(CCCC1CCCO1)C1(CC(C)C)CCCC1. The van der Waals surface area contributed by atoms with E-state index in [0.29, 0.717) is 17.6 Å². The van der Waals surface area contributed by atoms with E-state index in [0.717, 1.165) is 12.5 Å². The van der Waals surface area contributed by atoms with Gasteiger partial charge in [-0.1, -0.05) is 26.7 Å². The highest BCUT2D eigenvalue weighted by Gasteiger charge is 2.40. The molecule has 2 aliphatic rings. The summed E-state index contributed by atoms with van der Waals surface area (Å²) in [7, 11) is 2.18. The molecule has 2 unspecified atom stereocenters. The van der Waals surface area contributed by atoms with Gasteiger partial charge in [0.15, 0.2) is 0 Å². The van der Waals surface area contributed by atoms with Gasteiger partial charge in [-0.15, -0.1) is 0 Å². The molecule has 2 rings (SSSR count). The summed E-state index contributed by atoms with van der Waals surface area (Å²) < 4.78 is 5.76. The number of hydrogen-bond donors (Lipinski definition) is 1. The fourth-order valence-corrected chi connectivity index (χ4v) is 4.77. The molecule has 118 valence electrons. The van der Waals surface area contributed by atoms with E-state index in [9.17, 15) is 0 Å². The Balaban J connectivity index is 1.83. The van der Waals surface area contributed by atoms with Gasteiger partial charge in [-0.3, -0.25) is 0 Å². The Hall–Kier alpha value is -0.0800. The average molecular weight is 281 g/mol. The minimum atomic E-state index is 0.567. The zero-order valence-corrected chi connectivity index (χ0v) is 13.9. The molecule has 1 heterocycles. The smallest absolute Gasteiger partial charge is 0.0576 e. The summed E-state index contributed by atoms with van der Waals surface area (Å²) >= 11 is 0. The minimum Gasteiger partial charge on any atom is -0.378 e. The normalized spacial score (nSPS) is 27.3. The maximum Gasteiger partial charge on any atom is 0.0576 e. The van der Waals surface area contributed by atoms with Crippen LogP contribution in [0.2, 0.25) is 0 Å². The van der Waals surface area contributed by atoms with Gasteiger partial charge in [0.2, 0.25) is 0 Å². The van der Waals surface area contributed by atoms with E-state index in [-0.39, 0.29) is 0 Å². The minimum absolute atomic E-state index is 0.567. The molecule has 20 heavy (non-hydrogen) atoms. The second-order valence-corrected chi connectivity index (χ2v) is 7.57. The van der Waals surface area contributed by atoms with Crippen molar-refractivity contribution in [1.82, 2.24) is 5.32 Å². The summed E-state index contributed by atoms with van der Waals surface area (Å²) in [6, 6.07) is 0.716. The van der Waals surface area contributed by atoms with Crippen molar-refractivity contribution in [2.24, 2.45) is 11.3 Å². The lowest BCUT2D eigenvalue weighted by molar-refractivity contribution is 0.0957. The van der Waals surface area contributed by atoms with Gasteiger partial charge in [0.05, 0.1) is 6.10 Å². The summed E-state index contributed by atoms with van der Waals surface area (Å²) in [5.74, 6) is 0.821. The summed E-state index contributed by atoms with van der Waals surface area (Å²) in [4.78, 5) is 0. The zero-order chi connectivity index (χ0) is 14.4. The van der Waals surface area contributed by atoms with Crippen molar-refractivity contribution < 1.29 is 4.74 Å². The second-order valence-electron chi connectivity index (χ2n) is 7.57. The molecule has 1 aliphatic carbocycles. The lowest BCUT2D eigenvalue weighted by Gasteiger charge is -2.39. The van der Waals surface area contributed by atoms with E-state index in [1.807, 2.05) is 0 Å². The van der Waals surface area contributed by atoms with E-state index in [1.165, 1.54) is 64.2 Å². The molecule has 1 N–H and O–H groups in total. The first-order chi connectivity index (χ1) is 9.66. The Morgan fingerprint density at radius 1 is 1.20 bits per heavy atom. The fourth-order valence-electron chi connectivity index (χ4n) is 4.77. The predicted octanol–water partition coefficient (Wildman–Crippen LogP) is 4.53. The van der Waals surface area contributed by atoms with Crippen LogP contribution < -0.4 is 5.32 Å². The number of nitrogens with one attached hydrogen (secondary N) is 1. The van der Waals surface area contributed by atoms with Crippen molar-refractivity contribution in [3.63, 3.8) is 0 Å². The molecule has 0 spiro atoms. The lowest BCUT2D eigenvalue weighted by atomic mass is 9.71. The number of rotatable bonds is 8. The molecule has 0 aromatic rings. The lowest BCUT2D eigenvalue weighted by Crippen LogP contribution is -2.43. The van der Waals surface area contributed by atoms with Crippen LogP contribution in [-0.2, 0) is 4.74 Å². The van der Waals surface area contributed by atoms with Crippen molar-refractivity contribution in [3.05, 3.63) is 0 Å². The van der Waals surface area contributed by atoms with Crippen LogP contribution in [0.1, 0.15) is 78.1 Å². The van der Waals surface area contributed by atoms with Crippen LogP contribution in [-0.4, -0.2) is 25.8 Å². The monoisotopic (exact) mass is 281 g/mol. The van der Waals surface area contributed by atoms with Gasteiger partial charge in [-0.05, 0) is 69.7 Å². The zero-order valence-electron chi connectivity index (χ0n) is 13.9. The maximum absolute atomic E-state index is 5.76. The standard InChI is InChI=1S/C18H35NO/c1-15(2)14-18(11-4-5-12-18)17(19-3)10-6-8-16-9-7-13-20-16/h15-17,19H,4-14H2,1-3H3. The molecule has 2 heteroatoms. The van der Waals surface area contributed by atoms with E-state index in [1.54, 1.807) is 0 Å². The van der Waals surface area contributed by atoms with Crippen molar-refractivity contribution in [3.8, 4) is 0 Å². The molecule has 1 aliphatic heterocycles. The molecular weight excluding hydrogens is 246 g/mol. The van der Waals surface area contributed by atoms with E-state index >= 15 is 0 Å². The Bertz CT molecular complexity index is 265. The van der Waals surface area contributed by atoms with Crippen molar-refractivity contribution in [2.45, 2.75) is 90.2 Å². The number of ether oxygens (including phenoxy) is 1. The first kappa shape index (κ1) is 16.3. The Kier molecular flexibility index (Phi) is 6.35. The highest BCUT2D eigenvalue weighted by Crippen LogP contribution is 2.47. The summed E-state index contributed by atoms with van der Waals surface area (Å²) in [6.45, 7) is 5.77. The third-order valence-corrected chi connectivity index (χ3v) is 5.54. The average Bonchev–Trinajstić information content (AvgIpc) is 3.06. The van der Waals surface area contributed by atoms with Gasteiger partial charge in [-0.25, -0.2) is 0 Å². The van der Waals surface area contributed by atoms with Crippen LogP contribution in [0.5, 0.6) is 0 Å². The third kappa shape index (κ3) is 4.21. The van der Waals surface area contributed by atoms with Gasteiger partial charge in [0, 0.05) is 12.6 Å². The Morgan fingerprint density at radius 2 is 1.95 bits per heavy atom. The molecule has 2 atom stereocenters. The molecular formula is C18H35NO. The summed E-state index contributed by atoms with van der Waals surface area (Å²) in [5, 5.41) is 3.67. The third-order valence-electron chi connectivity index (χ3n) is 5.54. The van der Waals surface area contributed by atoms with Crippen LogP contribution in [0.15, 0.2) is 0 Å². The molecule has 1 saturated heterocycles. The summed E-state index contributed by atoms with van der Waals surface area (Å²) in [6.07, 6.45) is 14.2. The van der Waals surface area contributed by atoms with Crippen LogP contribution in [0.3, 0.4) is 0 Å². The van der Waals surface area contributed by atoms with Crippen molar-refractivity contribution in [2.75, 3.05) is 13.7 Å². The quantitative estimate of drug-likeness (QED) is 0.706. The molecule has 0 aromatic heterocycles. The highest BCUT2D eigenvalue weighted by atomic mass is 16.5. The van der Waals surface area contributed by atoms with E-state index < -0.39 is 0 Å². The Morgan fingerprint density at radius 3 is 2.50 bits per heavy atom. The second kappa shape index (κ2) is 7.79. The fraction of sp³-hybridized carbons (Fsp3) is 1.00. The summed E-state index contributed by atoms with van der Waals surface area (Å²) in [5.41, 5.74) is 0.583. The van der Waals surface area contributed by atoms with Gasteiger partial charge < -0.3 is 10.1 Å². The topological polar surface area (TPSA) is 21.3 Å². The van der Waals surface area contributed by atoms with Gasteiger partial charge in [-0.2, -0.15) is 0 Å². The van der Waals surface area contributed by atoms with Crippen LogP contribution >= 0.6 is 0 Å². The van der Waals surface area contributed by atoms with E-state index in [2.05, 4.69) is 26.2 Å². The molecule has 0 aromatic carbocycles. The predicted molar refractivity (Wildman–Crippen MR) is 86.0 cm³/mol. The molecule has 2 nitrogen and oxygen atoms in total. The molecule has 1 saturated carbocycles. The molecule has 0 radical (unpaired) electrons. The molecule has 0 amide bonds.